The smallest absolute Gasteiger partial charge is 0.163 e. The topological polar surface area (TPSA) is 55.5 Å². The lowest BCUT2D eigenvalue weighted by Gasteiger charge is -2.34. The van der Waals surface area contributed by atoms with Gasteiger partial charge in [0.15, 0.2) is 11.5 Å². The van der Waals surface area contributed by atoms with Crippen LogP contribution in [-0.2, 0) is 5.54 Å². The van der Waals surface area contributed by atoms with E-state index in [0.29, 0.717) is 5.56 Å². The third-order valence-electron chi connectivity index (χ3n) is 3.54. The van der Waals surface area contributed by atoms with Crippen LogP contribution in [0.3, 0.4) is 0 Å². The van der Waals surface area contributed by atoms with Gasteiger partial charge >= 0.3 is 0 Å². The largest absolute Gasteiger partial charge is 0.504 e. The Morgan fingerprint density at radius 1 is 1.29 bits per heavy atom. The summed E-state index contributed by atoms with van der Waals surface area (Å²) in [4.78, 5) is 0. The number of halogens is 1. The fourth-order valence-corrected chi connectivity index (χ4v) is 2.56. The lowest BCUT2D eigenvalue weighted by Crippen LogP contribution is -2.38. The minimum Gasteiger partial charge on any atom is -0.504 e. The number of hydrogen-bond acceptors (Lipinski definition) is 3. The Hall–Kier alpha value is -1.29. The highest BCUT2D eigenvalue weighted by Crippen LogP contribution is 2.42. The number of hydrogen-bond donors (Lipinski definition) is 2. The maximum atomic E-state index is 13.5. The van der Waals surface area contributed by atoms with Crippen molar-refractivity contribution in [3.63, 3.8) is 0 Å². The van der Waals surface area contributed by atoms with E-state index in [1.807, 2.05) is 0 Å². The van der Waals surface area contributed by atoms with Crippen LogP contribution in [0.15, 0.2) is 12.1 Å². The van der Waals surface area contributed by atoms with E-state index < -0.39 is 11.4 Å². The Labute approximate surface area is 100 Å². The summed E-state index contributed by atoms with van der Waals surface area (Å²) in [6.45, 7) is 0. The molecule has 1 fully saturated rings. The summed E-state index contributed by atoms with van der Waals surface area (Å²) in [6.07, 6.45) is 4.70. The summed E-state index contributed by atoms with van der Waals surface area (Å²) < 4.78 is 18.4. The molecule has 0 atom stereocenters. The van der Waals surface area contributed by atoms with Crippen LogP contribution in [0.1, 0.15) is 37.7 Å². The molecule has 0 aromatic heterocycles. The minimum atomic E-state index is -0.627. The maximum absolute atomic E-state index is 13.5. The average Bonchev–Trinajstić information content (AvgIpc) is 2.32. The summed E-state index contributed by atoms with van der Waals surface area (Å²) in [5.74, 6) is -0.307. The lowest BCUT2D eigenvalue weighted by atomic mass is 9.77. The van der Waals surface area contributed by atoms with Crippen molar-refractivity contribution in [2.45, 2.75) is 37.6 Å². The van der Waals surface area contributed by atoms with E-state index >= 15 is 0 Å². The van der Waals surface area contributed by atoms with E-state index in [-0.39, 0.29) is 11.5 Å². The van der Waals surface area contributed by atoms with Crippen molar-refractivity contribution >= 4 is 0 Å². The van der Waals surface area contributed by atoms with E-state index in [1.165, 1.54) is 19.2 Å². The molecule has 1 aromatic carbocycles. The van der Waals surface area contributed by atoms with Gasteiger partial charge in [-0.3, -0.25) is 0 Å². The molecule has 1 saturated carbocycles. The Bertz CT molecular complexity index is 414. The molecule has 0 amide bonds. The van der Waals surface area contributed by atoms with Gasteiger partial charge in [-0.05, 0) is 18.9 Å². The second-order valence-corrected chi connectivity index (χ2v) is 4.72. The molecule has 1 aliphatic carbocycles. The number of aromatic hydroxyl groups is 1. The van der Waals surface area contributed by atoms with Crippen LogP contribution in [0.2, 0.25) is 0 Å². The van der Waals surface area contributed by atoms with Gasteiger partial charge in [0.2, 0.25) is 0 Å². The van der Waals surface area contributed by atoms with E-state index in [9.17, 15) is 9.50 Å². The van der Waals surface area contributed by atoms with Crippen LogP contribution in [0.4, 0.5) is 4.39 Å². The highest BCUT2D eigenvalue weighted by atomic mass is 19.1. The second kappa shape index (κ2) is 4.53. The predicted molar refractivity (Wildman–Crippen MR) is 63.6 cm³/mol. The molecule has 1 aromatic rings. The van der Waals surface area contributed by atoms with Gasteiger partial charge in [-0.25, -0.2) is 4.39 Å². The molecular formula is C13H18FNO2. The van der Waals surface area contributed by atoms with Crippen LogP contribution < -0.4 is 10.5 Å². The highest BCUT2D eigenvalue weighted by molar-refractivity contribution is 5.49. The molecule has 4 heteroatoms. The normalized spacial score (nSPS) is 19.0. The highest BCUT2D eigenvalue weighted by Gasteiger charge is 2.33. The zero-order valence-electron chi connectivity index (χ0n) is 10.0. The molecule has 3 nitrogen and oxygen atoms in total. The van der Waals surface area contributed by atoms with Crippen molar-refractivity contribution in [2.24, 2.45) is 5.73 Å². The van der Waals surface area contributed by atoms with Crippen molar-refractivity contribution in [3.05, 3.63) is 23.5 Å². The minimum absolute atomic E-state index is 0.0294. The molecule has 3 N–H and O–H groups in total. The molecule has 0 aliphatic heterocycles. The zero-order chi connectivity index (χ0) is 12.5. The molecular weight excluding hydrogens is 221 g/mol. The Morgan fingerprint density at radius 3 is 2.53 bits per heavy atom. The summed E-state index contributed by atoms with van der Waals surface area (Å²) in [6, 6.07) is 2.49. The van der Waals surface area contributed by atoms with E-state index in [0.717, 1.165) is 32.1 Å². The van der Waals surface area contributed by atoms with Crippen LogP contribution in [0, 0.1) is 5.82 Å². The fraction of sp³-hybridized carbons (Fsp3) is 0.538. The maximum Gasteiger partial charge on any atom is 0.163 e. The summed E-state index contributed by atoms with van der Waals surface area (Å²) in [5, 5.41) is 10.1. The second-order valence-electron chi connectivity index (χ2n) is 4.72. The van der Waals surface area contributed by atoms with Gasteiger partial charge in [-0.1, -0.05) is 19.3 Å². The summed E-state index contributed by atoms with van der Waals surface area (Å²) >= 11 is 0. The Kier molecular flexibility index (Phi) is 3.24. The van der Waals surface area contributed by atoms with Crippen molar-refractivity contribution in [1.82, 2.24) is 0 Å². The molecule has 94 valence electrons. The molecule has 0 unspecified atom stereocenters. The van der Waals surface area contributed by atoms with E-state index in [1.54, 1.807) is 0 Å². The van der Waals surface area contributed by atoms with Crippen molar-refractivity contribution in [2.75, 3.05) is 7.11 Å². The third kappa shape index (κ3) is 2.22. The van der Waals surface area contributed by atoms with E-state index in [2.05, 4.69) is 0 Å². The number of phenols is 1. The predicted octanol–water partition coefficient (Wildman–Crippen LogP) is 2.66. The average molecular weight is 239 g/mol. The first-order chi connectivity index (χ1) is 8.07. The number of benzene rings is 1. The number of phenolic OH excluding ortho intramolecular Hbond substituents is 1. The van der Waals surface area contributed by atoms with Crippen LogP contribution >= 0.6 is 0 Å². The number of nitrogens with two attached hydrogens (primary N) is 1. The lowest BCUT2D eigenvalue weighted by molar-refractivity contribution is 0.285. The molecule has 1 aliphatic rings. The summed E-state index contributed by atoms with van der Waals surface area (Å²) in [7, 11) is 1.41. The number of ether oxygens (including phenoxy) is 1. The zero-order valence-corrected chi connectivity index (χ0v) is 10.0. The van der Waals surface area contributed by atoms with Gasteiger partial charge in [0.1, 0.15) is 5.82 Å². The molecule has 0 bridgehead atoms. The SMILES string of the molecule is COc1cc(F)cc(C2(N)CCCCC2)c1O. The van der Waals surface area contributed by atoms with Gasteiger partial charge in [-0.15, -0.1) is 0 Å². The van der Waals surface area contributed by atoms with Crippen molar-refractivity contribution < 1.29 is 14.2 Å². The third-order valence-corrected chi connectivity index (χ3v) is 3.54. The molecule has 0 heterocycles. The fourth-order valence-electron chi connectivity index (χ4n) is 2.56. The van der Waals surface area contributed by atoms with Gasteiger partial charge < -0.3 is 15.6 Å². The molecule has 17 heavy (non-hydrogen) atoms. The monoisotopic (exact) mass is 239 g/mol. The molecule has 0 radical (unpaired) electrons. The van der Waals surface area contributed by atoms with Gasteiger partial charge in [0, 0.05) is 17.2 Å². The first kappa shape index (κ1) is 12.2. The number of methoxy groups -OCH3 is 1. The van der Waals surface area contributed by atoms with Crippen LogP contribution in [0.5, 0.6) is 11.5 Å². The van der Waals surface area contributed by atoms with E-state index in [4.69, 9.17) is 10.5 Å². The van der Waals surface area contributed by atoms with Gasteiger partial charge in [-0.2, -0.15) is 0 Å². The van der Waals surface area contributed by atoms with Gasteiger partial charge in [0.05, 0.1) is 7.11 Å². The first-order valence-corrected chi connectivity index (χ1v) is 5.93. The van der Waals surface area contributed by atoms with Crippen molar-refractivity contribution in [3.8, 4) is 11.5 Å². The molecule has 0 spiro atoms. The Balaban J connectivity index is 2.46. The first-order valence-electron chi connectivity index (χ1n) is 5.93. The van der Waals surface area contributed by atoms with Gasteiger partial charge in [0.25, 0.3) is 0 Å². The Morgan fingerprint density at radius 2 is 1.94 bits per heavy atom. The van der Waals surface area contributed by atoms with Crippen LogP contribution in [0.25, 0.3) is 0 Å². The number of rotatable bonds is 2. The molecule has 2 rings (SSSR count). The standard InChI is InChI=1S/C13H18FNO2/c1-17-11-8-9(14)7-10(12(11)16)13(15)5-3-2-4-6-13/h7-8,16H,2-6,15H2,1H3. The molecule has 0 saturated heterocycles. The quantitative estimate of drug-likeness (QED) is 0.834. The summed E-state index contributed by atoms with van der Waals surface area (Å²) in [5.41, 5.74) is 6.13. The van der Waals surface area contributed by atoms with Crippen LogP contribution in [-0.4, -0.2) is 12.2 Å². The van der Waals surface area contributed by atoms with Crippen molar-refractivity contribution in [1.29, 1.82) is 0 Å².